The largest absolute Gasteiger partial charge is 0.379 e. The van der Waals surface area contributed by atoms with Gasteiger partial charge in [-0.25, -0.2) is 8.78 Å². The van der Waals surface area contributed by atoms with Crippen LogP contribution in [0.2, 0.25) is 0 Å². The molecule has 0 amide bonds. The number of hydrogen-bond acceptors (Lipinski definition) is 1. The van der Waals surface area contributed by atoms with Crippen LogP contribution >= 0.6 is 15.9 Å². The maximum Gasteiger partial charge on any atom is 0.262 e. The highest BCUT2D eigenvalue weighted by atomic mass is 79.9. The minimum absolute atomic E-state index is 0.344. The Hall–Kier alpha value is -0.640. The summed E-state index contributed by atoms with van der Waals surface area (Å²) in [5, 5.41) is 2.65. The number of alkyl halides is 2. The maximum atomic E-state index is 12.4. The maximum absolute atomic E-state index is 12.4. The summed E-state index contributed by atoms with van der Waals surface area (Å²) in [4.78, 5) is 0. The summed E-state index contributed by atoms with van der Waals surface area (Å²) in [5.74, 6) is -2.68. The van der Waals surface area contributed by atoms with E-state index in [0.29, 0.717) is 5.69 Å². The summed E-state index contributed by atoms with van der Waals surface area (Å²) in [6.07, 6.45) is 0. The lowest BCUT2D eigenvalue weighted by atomic mass is 10.3. The molecule has 13 heavy (non-hydrogen) atoms. The second-order valence-electron chi connectivity index (χ2n) is 2.93. The van der Waals surface area contributed by atoms with Gasteiger partial charge in [0.1, 0.15) is 0 Å². The van der Waals surface area contributed by atoms with E-state index in [1.165, 1.54) is 0 Å². The fourth-order valence-corrected chi connectivity index (χ4v) is 1.25. The first-order valence-electron chi connectivity index (χ1n) is 3.85. The minimum Gasteiger partial charge on any atom is -0.379 e. The van der Waals surface area contributed by atoms with Gasteiger partial charge in [0.15, 0.2) is 0 Å². The van der Waals surface area contributed by atoms with Crippen LogP contribution in [0.4, 0.5) is 14.5 Å². The van der Waals surface area contributed by atoms with Crippen molar-refractivity contribution in [3.63, 3.8) is 0 Å². The van der Waals surface area contributed by atoms with E-state index in [0.717, 1.165) is 11.4 Å². The van der Waals surface area contributed by atoms with Crippen LogP contribution in [0.25, 0.3) is 0 Å². The van der Waals surface area contributed by atoms with Gasteiger partial charge in [-0.15, -0.1) is 0 Å². The van der Waals surface area contributed by atoms with E-state index in [4.69, 9.17) is 0 Å². The van der Waals surface area contributed by atoms with Crippen LogP contribution in [0.3, 0.4) is 0 Å². The molecule has 0 aliphatic heterocycles. The van der Waals surface area contributed by atoms with Gasteiger partial charge in [-0.1, -0.05) is 22.0 Å². The lowest BCUT2D eigenvalue weighted by Gasteiger charge is -2.12. The molecule has 1 rings (SSSR count). The van der Waals surface area contributed by atoms with Crippen molar-refractivity contribution in [2.45, 2.75) is 12.8 Å². The third kappa shape index (κ3) is 4.22. The number of anilines is 1. The Bertz CT molecular complexity index is 283. The molecule has 0 saturated carbocycles. The molecule has 0 atom stereocenters. The molecular formula is C9H10BrF2N. The number of rotatable bonds is 3. The van der Waals surface area contributed by atoms with Gasteiger partial charge in [-0.3, -0.25) is 0 Å². The number of nitrogens with one attached hydrogen (secondary N) is 1. The van der Waals surface area contributed by atoms with Crippen LogP contribution in [-0.2, 0) is 0 Å². The van der Waals surface area contributed by atoms with Gasteiger partial charge >= 0.3 is 0 Å². The van der Waals surface area contributed by atoms with Gasteiger partial charge in [-0.2, -0.15) is 0 Å². The first kappa shape index (κ1) is 10.4. The standard InChI is InChI=1S/C9H10BrF2N/c1-9(11,12)6-13-8-4-2-3-7(10)5-8/h2-5,13H,6H2,1H3. The quantitative estimate of drug-likeness (QED) is 0.865. The molecule has 1 N–H and O–H groups in total. The fourth-order valence-electron chi connectivity index (χ4n) is 0.856. The highest BCUT2D eigenvalue weighted by Crippen LogP contribution is 2.18. The predicted molar refractivity (Wildman–Crippen MR) is 53.3 cm³/mol. The van der Waals surface area contributed by atoms with Crippen molar-refractivity contribution in [3.05, 3.63) is 28.7 Å². The van der Waals surface area contributed by atoms with Crippen LogP contribution in [0.1, 0.15) is 6.92 Å². The molecular weight excluding hydrogens is 240 g/mol. The Morgan fingerprint density at radius 1 is 1.46 bits per heavy atom. The molecule has 1 aromatic carbocycles. The summed E-state index contributed by atoms with van der Waals surface area (Å²) < 4.78 is 25.7. The van der Waals surface area contributed by atoms with Crippen molar-refractivity contribution in [2.75, 3.05) is 11.9 Å². The highest BCUT2D eigenvalue weighted by Gasteiger charge is 2.19. The normalized spacial score (nSPS) is 11.4. The molecule has 0 heterocycles. The number of benzene rings is 1. The van der Waals surface area contributed by atoms with E-state index in [2.05, 4.69) is 21.2 Å². The van der Waals surface area contributed by atoms with E-state index >= 15 is 0 Å². The molecule has 0 aliphatic rings. The van der Waals surface area contributed by atoms with E-state index < -0.39 is 5.92 Å². The van der Waals surface area contributed by atoms with Crippen LogP contribution < -0.4 is 5.32 Å². The molecule has 4 heteroatoms. The first-order valence-corrected chi connectivity index (χ1v) is 4.64. The average Bonchev–Trinajstić information content (AvgIpc) is 2.00. The molecule has 0 aromatic heterocycles. The van der Waals surface area contributed by atoms with Gasteiger partial charge in [0.05, 0.1) is 6.54 Å². The van der Waals surface area contributed by atoms with Gasteiger partial charge in [0, 0.05) is 17.1 Å². The third-order valence-corrected chi connectivity index (χ3v) is 1.92. The Balaban J connectivity index is 2.55. The summed E-state index contributed by atoms with van der Waals surface area (Å²) >= 11 is 3.26. The average molecular weight is 250 g/mol. The zero-order chi connectivity index (χ0) is 9.90. The Labute approximate surface area is 84.3 Å². The molecule has 0 fully saturated rings. The minimum atomic E-state index is -2.68. The third-order valence-electron chi connectivity index (χ3n) is 1.43. The summed E-state index contributed by atoms with van der Waals surface area (Å²) in [5.41, 5.74) is 0.691. The molecule has 0 saturated heterocycles. The van der Waals surface area contributed by atoms with E-state index in [-0.39, 0.29) is 6.54 Å². The van der Waals surface area contributed by atoms with E-state index in [1.807, 2.05) is 6.07 Å². The van der Waals surface area contributed by atoms with Crippen molar-refractivity contribution in [1.29, 1.82) is 0 Å². The zero-order valence-corrected chi connectivity index (χ0v) is 8.74. The van der Waals surface area contributed by atoms with Crippen molar-refractivity contribution in [1.82, 2.24) is 0 Å². The molecule has 0 spiro atoms. The molecule has 1 aromatic rings. The smallest absolute Gasteiger partial charge is 0.262 e. The first-order chi connectivity index (χ1) is 5.97. The molecule has 1 nitrogen and oxygen atoms in total. The summed E-state index contributed by atoms with van der Waals surface area (Å²) in [7, 11) is 0. The number of hydrogen-bond donors (Lipinski definition) is 1. The summed E-state index contributed by atoms with van der Waals surface area (Å²) in [6, 6.07) is 7.14. The van der Waals surface area contributed by atoms with Gasteiger partial charge in [0.25, 0.3) is 5.92 Å². The van der Waals surface area contributed by atoms with Crippen LogP contribution in [0, 0.1) is 0 Å². The lowest BCUT2D eigenvalue weighted by molar-refractivity contribution is 0.0368. The predicted octanol–water partition coefficient (Wildman–Crippen LogP) is 3.52. The van der Waals surface area contributed by atoms with Crippen molar-refractivity contribution < 1.29 is 8.78 Å². The van der Waals surface area contributed by atoms with E-state index in [1.54, 1.807) is 18.2 Å². The lowest BCUT2D eigenvalue weighted by Crippen LogP contribution is -2.22. The van der Waals surface area contributed by atoms with Gasteiger partial charge in [0.2, 0.25) is 0 Å². The highest BCUT2D eigenvalue weighted by molar-refractivity contribution is 9.10. The molecule has 72 valence electrons. The number of halogens is 3. The van der Waals surface area contributed by atoms with Crippen LogP contribution in [-0.4, -0.2) is 12.5 Å². The Morgan fingerprint density at radius 3 is 2.69 bits per heavy atom. The molecule has 0 aliphatic carbocycles. The van der Waals surface area contributed by atoms with Gasteiger partial charge in [-0.05, 0) is 18.2 Å². The topological polar surface area (TPSA) is 12.0 Å². The van der Waals surface area contributed by atoms with Crippen molar-refractivity contribution in [2.24, 2.45) is 0 Å². The Kier molecular flexibility index (Phi) is 3.25. The fraction of sp³-hybridized carbons (Fsp3) is 0.333. The monoisotopic (exact) mass is 249 g/mol. The zero-order valence-electron chi connectivity index (χ0n) is 7.15. The molecule has 0 radical (unpaired) electrons. The Morgan fingerprint density at radius 2 is 2.15 bits per heavy atom. The SMILES string of the molecule is CC(F)(F)CNc1cccc(Br)c1. The van der Waals surface area contributed by atoms with Gasteiger partial charge < -0.3 is 5.32 Å². The van der Waals surface area contributed by atoms with E-state index in [9.17, 15) is 8.78 Å². The van der Waals surface area contributed by atoms with Crippen molar-refractivity contribution >= 4 is 21.6 Å². The second kappa shape index (κ2) is 4.05. The molecule has 0 unspecified atom stereocenters. The van der Waals surface area contributed by atoms with Crippen LogP contribution in [0.15, 0.2) is 28.7 Å². The summed E-state index contributed by atoms with van der Waals surface area (Å²) in [6.45, 7) is 0.543. The second-order valence-corrected chi connectivity index (χ2v) is 3.85. The molecule has 0 bridgehead atoms. The van der Waals surface area contributed by atoms with Crippen LogP contribution in [0.5, 0.6) is 0 Å². The van der Waals surface area contributed by atoms with Crippen molar-refractivity contribution in [3.8, 4) is 0 Å².